The second-order valence-electron chi connectivity index (χ2n) is 6.03. The highest BCUT2D eigenvalue weighted by Crippen LogP contribution is 2.21. The molecule has 1 atom stereocenters. The number of hydrogen-bond donors (Lipinski definition) is 2. The zero-order chi connectivity index (χ0) is 21.0. The number of rotatable bonds is 7. The molecule has 2 amide bonds. The first-order valence-corrected chi connectivity index (χ1v) is 8.47. The van der Waals surface area contributed by atoms with Crippen LogP contribution in [0.25, 0.3) is 0 Å². The van der Waals surface area contributed by atoms with E-state index in [-0.39, 0.29) is 48.1 Å². The summed E-state index contributed by atoms with van der Waals surface area (Å²) in [7, 11) is 0. The van der Waals surface area contributed by atoms with E-state index in [2.05, 4.69) is 15.7 Å². The molecule has 1 aliphatic heterocycles. The summed E-state index contributed by atoms with van der Waals surface area (Å²) in [6, 6.07) is -1.17. The summed E-state index contributed by atoms with van der Waals surface area (Å²) in [6.07, 6.45) is 0. The Morgan fingerprint density at radius 1 is 1.32 bits per heavy atom. The zero-order valence-electron chi connectivity index (χ0n) is 15.9. The van der Waals surface area contributed by atoms with Crippen molar-refractivity contribution < 1.29 is 28.8 Å². The first kappa shape index (κ1) is 20.9. The maximum atomic E-state index is 12.1. The van der Waals surface area contributed by atoms with Crippen LogP contribution in [0.15, 0.2) is 11.3 Å². The second-order valence-corrected chi connectivity index (χ2v) is 6.03. The topological polar surface area (TPSA) is 155 Å². The first-order valence-electron chi connectivity index (χ1n) is 8.47. The minimum atomic E-state index is -0.739. The van der Waals surface area contributed by atoms with Crippen molar-refractivity contribution in [1.29, 1.82) is 0 Å². The molecule has 0 radical (unpaired) electrons. The molecule has 1 aliphatic rings. The van der Waals surface area contributed by atoms with E-state index in [0.29, 0.717) is 0 Å². The molecule has 152 valence electrons. The van der Waals surface area contributed by atoms with Gasteiger partial charge in [0.1, 0.15) is 24.5 Å². The molecule has 0 saturated carbocycles. The van der Waals surface area contributed by atoms with E-state index < -0.39 is 28.9 Å². The number of aryl methyl sites for hydroxylation is 1. The van der Waals surface area contributed by atoms with E-state index in [0.717, 1.165) is 0 Å². The Kier molecular flexibility index (Phi) is 6.33. The summed E-state index contributed by atoms with van der Waals surface area (Å²) >= 11 is 0. The van der Waals surface area contributed by atoms with Gasteiger partial charge in [-0.1, -0.05) is 0 Å². The van der Waals surface area contributed by atoms with Gasteiger partial charge in [0.2, 0.25) is 0 Å². The summed E-state index contributed by atoms with van der Waals surface area (Å²) in [5.41, 5.74) is 0.495. The van der Waals surface area contributed by atoms with Crippen LogP contribution in [-0.4, -0.2) is 51.9 Å². The van der Waals surface area contributed by atoms with Gasteiger partial charge in [0, 0.05) is 0 Å². The molecule has 12 nitrogen and oxygen atoms in total. The summed E-state index contributed by atoms with van der Waals surface area (Å²) < 4.78 is 11.3. The lowest BCUT2D eigenvalue weighted by Gasteiger charge is -2.26. The van der Waals surface area contributed by atoms with Crippen molar-refractivity contribution in [2.75, 3.05) is 13.2 Å². The predicted molar refractivity (Wildman–Crippen MR) is 94.1 cm³/mol. The standard InChI is InChI=1S/C16H21N5O7/c1-5-27-15(23)13-8(2)17-16(24)18-11(13)7-28-12(22)6-20-10(4)14(21(25)26)9(3)19-20/h8H,5-7H2,1-4H3,(H2,17,18,24). The fraction of sp³-hybridized carbons (Fsp3) is 0.500. The van der Waals surface area contributed by atoms with Gasteiger partial charge in [-0.05, 0) is 27.7 Å². The fourth-order valence-corrected chi connectivity index (χ4v) is 2.82. The van der Waals surface area contributed by atoms with E-state index >= 15 is 0 Å². The molecule has 2 heterocycles. The van der Waals surface area contributed by atoms with Gasteiger partial charge in [-0.2, -0.15) is 5.10 Å². The lowest BCUT2D eigenvalue weighted by Crippen LogP contribution is -2.50. The van der Waals surface area contributed by atoms with Gasteiger partial charge >= 0.3 is 23.7 Å². The van der Waals surface area contributed by atoms with Crippen LogP contribution in [0.4, 0.5) is 10.5 Å². The summed E-state index contributed by atoms with van der Waals surface area (Å²) in [4.78, 5) is 46.4. The molecule has 0 spiro atoms. The molecule has 12 heteroatoms. The van der Waals surface area contributed by atoms with Crippen LogP contribution < -0.4 is 10.6 Å². The summed E-state index contributed by atoms with van der Waals surface area (Å²) in [6.45, 7) is 5.60. The van der Waals surface area contributed by atoms with Crippen molar-refractivity contribution >= 4 is 23.7 Å². The number of carbonyl (C=O) groups excluding carboxylic acids is 3. The average molecular weight is 395 g/mol. The van der Waals surface area contributed by atoms with E-state index in [1.165, 1.54) is 18.5 Å². The van der Waals surface area contributed by atoms with E-state index in [9.17, 15) is 24.5 Å². The Balaban J connectivity index is 2.12. The number of nitro groups is 1. The molecule has 0 saturated heterocycles. The van der Waals surface area contributed by atoms with Gasteiger partial charge in [0.25, 0.3) is 0 Å². The Morgan fingerprint density at radius 3 is 2.57 bits per heavy atom. The number of ether oxygens (including phenoxy) is 2. The molecule has 28 heavy (non-hydrogen) atoms. The molecular formula is C16H21N5O7. The van der Waals surface area contributed by atoms with Crippen LogP contribution in [0.3, 0.4) is 0 Å². The van der Waals surface area contributed by atoms with Crippen molar-refractivity contribution in [3.05, 3.63) is 32.8 Å². The van der Waals surface area contributed by atoms with Crippen molar-refractivity contribution in [3.8, 4) is 0 Å². The molecule has 2 N–H and O–H groups in total. The highest BCUT2D eigenvalue weighted by Gasteiger charge is 2.30. The number of nitrogens with one attached hydrogen (secondary N) is 2. The van der Waals surface area contributed by atoms with E-state index in [4.69, 9.17) is 9.47 Å². The largest absolute Gasteiger partial charge is 0.463 e. The van der Waals surface area contributed by atoms with E-state index in [1.54, 1.807) is 13.8 Å². The number of aromatic nitrogens is 2. The van der Waals surface area contributed by atoms with Crippen LogP contribution in [0.1, 0.15) is 25.2 Å². The Bertz CT molecular complexity index is 858. The summed E-state index contributed by atoms with van der Waals surface area (Å²) in [5, 5.41) is 20.0. The van der Waals surface area contributed by atoms with Crippen molar-refractivity contribution in [2.24, 2.45) is 0 Å². The van der Waals surface area contributed by atoms with Gasteiger partial charge in [-0.25, -0.2) is 9.59 Å². The van der Waals surface area contributed by atoms with Crippen molar-refractivity contribution in [1.82, 2.24) is 20.4 Å². The van der Waals surface area contributed by atoms with Crippen molar-refractivity contribution in [2.45, 2.75) is 40.3 Å². The van der Waals surface area contributed by atoms with Gasteiger partial charge in [-0.3, -0.25) is 19.6 Å². The average Bonchev–Trinajstić information content (AvgIpc) is 2.86. The Hall–Kier alpha value is -3.44. The molecule has 0 fully saturated rings. The van der Waals surface area contributed by atoms with Gasteiger partial charge in [0.15, 0.2) is 0 Å². The third-order valence-corrected chi connectivity index (χ3v) is 4.05. The molecule has 0 bridgehead atoms. The number of hydrogen-bond acceptors (Lipinski definition) is 8. The molecule has 0 aliphatic carbocycles. The maximum absolute atomic E-state index is 12.1. The molecule has 2 rings (SSSR count). The predicted octanol–water partition coefficient (Wildman–Crippen LogP) is 0.470. The third kappa shape index (κ3) is 4.45. The fourth-order valence-electron chi connectivity index (χ4n) is 2.82. The van der Waals surface area contributed by atoms with Gasteiger partial charge in [-0.15, -0.1) is 0 Å². The lowest BCUT2D eigenvalue weighted by molar-refractivity contribution is -0.386. The minimum absolute atomic E-state index is 0.113. The van der Waals surface area contributed by atoms with Gasteiger partial charge in [0.05, 0.1) is 28.8 Å². The Labute approximate surface area is 160 Å². The highest BCUT2D eigenvalue weighted by atomic mass is 16.6. The van der Waals surface area contributed by atoms with Crippen LogP contribution >= 0.6 is 0 Å². The maximum Gasteiger partial charge on any atom is 0.338 e. The van der Waals surface area contributed by atoms with Crippen molar-refractivity contribution in [3.63, 3.8) is 0 Å². The monoisotopic (exact) mass is 395 g/mol. The van der Waals surface area contributed by atoms with E-state index in [1.807, 2.05) is 0 Å². The Morgan fingerprint density at radius 2 is 2.00 bits per heavy atom. The SMILES string of the molecule is CCOC(=O)C1=C(COC(=O)Cn2nc(C)c([N+](=O)[O-])c2C)NC(=O)NC1C. The molecule has 1 unspecified atom stereocenters. The number of nitrogens with zero attached hydrogens (tertiary/aromatic N) is 3. The molecular weight excluding hydrogens is 374 g/mol. The minimum Gasteiger partial charge on any atom is -0.463 e. The molecule has 1 aromatic rings. The van der Waals surface area contributed by atoms with Crippen LogP contribution in [-0.2, 0) is 25.6 Å². The third-order valence-electron chi connectivity index (χ3n) is 4.05. The number of esters is 2. The zero-order valence-corrected chi connectivity index (χ0v) is 15.9. The van der Waals surface area contributed by atoms with Crippen LogP contribution in [0, 0.1) is 24.0 Å². The van der Waals surface area contributed by atoms with Crippen LogP contribution in [0.2, 0.25) is 0 Å². The number of amides is 2. The number of urea groups is 1. The highest BCUT2D eigenvalue weighted by molar-refractivity contribution is 5.94. The van der Waals surface area contributed by atoms with Crippen LogP contribution in [0.5, 0.6) is 0 Å². The first-order chi connectivity index (χ1) is 13.1. The number of carbonyl (C=O) groups is 3. The summed E-state index contributed by atoms with van der Waals surface area (Å²) in [5.74, 6) is -1.38. The second kappa shape index (κ2) is 8.50. The van der Waals surface area contributed by atoms with Gasteiger partial charge < -0.3 is 20.1 Å². The molecule has 0 aromatic carbocycles. The molecule has 1 aromatic heterocycles. The smallest absolute Gasteiger partial charge is 0.338 e. The lowest BCUT2D eigenvalue weighted by atomic mass is 10.0. The quantitative estimate of drug-likeness (QED) is 0.383. The normalized spacial score (nSPS) is 16.3.